The number of nitrogens with two attached hydrogens (primary N) is 1. The molecule has 2 N–H and O–H groups in total. The fourth-order valence-electron chi connectivity index (χ4n) is 3.25. The van der Waals surface area contributed by atoms with Gasteiger partial charge in [0.05, 0.1) is 23.5 Å². The summed E-state index contributed by atoms with van der Waals surface area (Å²) in [4.78, 5) is 30.5. The van der Waals surface area contributed by atoms with Gasteiger partial charge >= 0.3 is 0 Å². The summed E-state index contributed by atoms with van der Waals surface area (Å²) in [5.41, 5.74) is 9.06. The van der Waals surface area contributed by atoms with Crippen molar-refractivity contribution in [3.63, 3.8) is 0 Å². The summed E-state index contributed by atoms with van der Waals surface area (Å²) in [6.07, 6.45) is 1.69. The van der Waals surface area contributed by atoms with Crippen LogP contribution in [0.25, 0.3) is 11.3 Å². The normalized spacial score (nSPS) is 15.2. The van der Waals surface area contributed by atoms with E-state index in [2.05, 4.69) is 4.98 Å². The lowest BCUT2D eigenvalue weighted by Crippen LogP contribution is -2.39. The summed E-state index contributed by atoms with van der Waals surface area (Å²) < 4.78 is 0. The van der Waals surface area contributed by atoms with Gasteiger partial charge in [-0.3, -0.25) is 14.6 Å². The number of carbonyl (C=O) groups excluding carboxylic acids is 2. The molecule has 0 saturated carbocycles. The predicted octanol–water partition coefficient (Wildman–Crippen LogP) is 2.70. The molecule has 130 valence electrons. The van der Waals surface area contributed by atoms with E-state index in [1.165, 1.54) is 0 Å². The molecule has 1 amide bonds. The smallest absolute Gasteiger partial charge is 0.219 e. The Balaban J connectivity index is 1.70. The number of rotatable bonds is 4. The first kappa shape index (κ1) is 17.1. The molecular weight excluding hydrogens is 314 g/mol. The van der Waals surface area contributed by atoms with Gasteiger partial charge in [-0.15, -0.1) is 0 Å². The molecule has 0 atom stereocenters. The van der Waals surface area contributed by atoms with Crippen LogP contribution in [0, 0.1) is 5.92 Å². The number of amides is 1. The lowest BCUT2D eigenvalue weighted by atomic mass is 9.90. The Morgan fingerprint density at radius 3 is 2.44 bits per heavy atom. The number of nitrogen functional groups attached to an aromatic ring is 1. The van der Waals surface area contributed by atoms with Crippen molar-refractivity contribution in [2.45, 2.75) is 26.2 Å². The fourth-order valence-corrected chi connectivity index (χ4v) is 3.25. The molecule has 0 aliphatic carbocycles. The van der Waals surface area contributed by atoms with Crippen LogP contribution >= 0.6 is 0 Å². The highest BCUT2D eigenvalue weighted by molar-refractivity contribution is 5.84. The van der Waals surface area contributed by atoms with Crippen LogP contribution in [0.3, 0.4) is 0 Å². The second-order valence-corrected chi connectivity index (χ2v) is 6.52. The van der Waals surface area contributed by atoms with Crippen LogP contribution in [0.5, 0.6) is 0 Å². The van der Waals surface area contributed by atoms with Crippen LogP contribution in [0.2, 0.25) is 0 Å². The van der Waals surface area contributed by atoms with Crippen LogP contribution in [0.15, 0.2) is 42.5 Å². The number of ketones is 1. The third-order valence-corrected chi connectivity index (χ3v) is 4.82. The maximum atomic E-state index is 12.6. The topological polar surface area (TPSA) is 76.3 Å². The molecule has 1 saturated heterocycles. The molecule has 1 aliphatic rings. The van der Waals surface area contributed by atoms with E-state index in [0.717, 1.165) is 24.1 Å². The number of Topliss-reactive ketones (excluding diaryl/α,β-unsaturated/α-hetero) is 1. The fraction of sp³-hybridized carbons (Fsp3) is 0.350. The number of likely N-dealkylation sites (tertiary alicyclic amines) is 1. The minimum atomic E-state index is -0.0165. The third kappa shape index (κ3) is 4.05. The molecule has 1 aromatic heterocycles. The summed E-state index contributed by atoms with van der Waals surface area (Å²) in [5, 5.41) is 0. The SMILES string of the molecule is CC(=O)N1CCC(C(=O)Cc2nc(-c3ccccc3)ccc2N)CC1. The van der Waals surface area contributed by atoms with Gasteiger partial charge in [0.1, 0.15) is 5.78 Å². The molecule has 25 heavy (non-hydrogen) atoms. The number of benzene rings is 1. The number of nitrogens with zero attached hydrogens (tertiary/aromatic N) is 2. The summed E-state index contributed by atoms with van der Waals surface area (Å²) in [7, 11) is 0. The quantitative estimate of drug-likeness (QED) is 0.930. The first-order valence-electron chi connectivity index (χ1n) is 8.63. The maximum absolute atomic E-state index is 12.6. The van der Waals surface area contributed by atoms with Crippen molar-refractivity contribution in [1.82, 2.24) is 9.88 Å². The van der Waals surface area contributed by atoms with Crippen LogP contribution in [-0.4, -0.2) is 34.7 Å². The average Bonchev–Trinajstić information content (AvgIpc) is 2.64. The van der Waals surface area contributed by atoms with Gasteiger partial charge < -0.3 is 10.6 Å². The van der Waals surface area contributed by atoms with E-state index in [4.69, 9.17) is 5.73 Å². The highest BCUT2D eigenvalue weighted by Crippen LogP contribution is 2.24. The van der Waals surface area contributed by atoms with Gasteiger partial charge in [0.25, 0.3) is 0 Å². The minimum absolute atomic E-state index is 0.0165. The maximum Gasteiger partial charge on any atom is 0.219 e. The molecule has 5 heteroatoms. The molecule has 2 heterocycles. The first-order valence-corrected chi connectivity index (χ1v) is 8.63. The molecule has 1 fully saturated rings. The van der Waals surface area contributed by atoms with Gasteiger partial charge in [-0.1, -0.05) is 30.3 Å². The predicted molar refractivity (Wildman–Crippen MR) is 97.8 cm³/mol. The average molecular weight is 337 g/mol. The molecule has 1 aromatic carbocycles. The van der Waals surface area contributed by atoms with Crippen molar-refractivity contribution in [2.24, 2.45) is 5.92 Å². The third-order valence-electron chi connectivity index (χ3n) is 4.82. The van der Waals surface area contributed by atoms with Gasteiger partial charge in [-0.05, 0) is 25.0 Å². The van der Waals surface area contributed by atoms with E-state index in [9.17, 15) is 9.59 Å². The monoisotopic (exact) mass is 337 g/mol. The largest absolute Gasteiger partial charge is 0.397 e. The Morgan fingerprint density at radius 1 is 1.12 bits per heavy atom. The van der Waals surface area contributed by atoms with E-state index >= 15 is 0 Å². The molecule has 3 rings (SSSR count). The van der Waals surface area contributed by atoms with E-state index in [0.29, 0.717) is 24.5 Å². The van der Waals surface area contributed by atoms with Crippen molar-refractivity contribution < 1.29 is 9.59 Å². The van der Waals surface area contributed by atoms with Gasteiger partial charge in [0.15, 0.2) is 0 Å². The number of carbonyl (C=O) groups is 2. The Labute approximate surface area is 147 Å². The number of aromatic nitrogens is 1. The van der Waals surface area contributed by atoms with Crippen molar-refractivity contribution in [3.05, 3.63) is 48.2 Å². The lowest BCUT2D eigenvalue weighted by molar-refractivity contribution is -0.133. The summed E-state index contributed by atoms with van der Waals surface area (Å²) >= 11 is 0. The Hall–Kier alpha value is -2.69. The lowest BCUT2D eigenvalue weighted by Gasteiger charge is -2.30. The zero-order chi connectivity index (χ0) is 17.8. The zero-order valence-electron chi connectivity index (χ0n) is 14.4. The highest BCUT2D eigenvalue weighted by Gasteiger charge is 2.26. The second kappa shape index (κ2) is 7.47. The molecule has 0 bridgehead atoms. The molecule has 0 radical (unpaired) electrons. The Kier molecular flexibility index (Phi) is 5.12. The summed E-state index contributed by atoms with van der Waals surface area (Å²) in [6, 6.07) is 13.5. The van der Waals surface area contributed by atoms with Crippen LogP contribution in [0.4, 0.5) is 5.69 Å². The molecule has 0 spiro atoms. The van der Waals surface area contributed by atoms with Crippen molar-refractivity contribution in [2.75, 3.05) is 18.8 Å². The Bertz CT molecular complexity index is 766. The van der Waals surface area contributed by atoms with Crippen molar-refractivity contribution in [1.29, 1.82) is 0 Å². The zero-order valence-corrected chi connectivity index (χ0v) is 14.4. The number of pyridine rings is 1. The van der Waals surface area contributed by atoms with Crippen LogP contribution < -0.4 is 5.73 Å². The first-order chi connectivity index (χ1) is 12.0. The summed E-state index contributed by atoms with van der Waals surface area (Å²) in [5.74, 6) is 0.220. The number of hydrogen-bond acceptors (Lipinski definition) is 4. The van der Waals surface area contributed by atoms with E-state index in [-0.39, 0.29) is 24.0 Å². The number of hydrogen-bond donors (Lipinski definition) is 1. The molecule has 5 nitrogen and oxygen atoms in total. The van der Waals surface area contributed by atoms with Gasteiger partial charge in [-0.2, -0.15) is 0 Å². The van der Waals surface area contributed by atoms with Crippen LogP contribution in [0.1, 0.15) is 25.5 Å². The second-order valence-electron chi connectivity index (χ2n) is 6.52. The van der Waals surface area contributed by atoms with Gasteiger partial charge in [0, 0.05) is 31.5 Å². The number of anilines is 1. The van der Waals surface area contributed by atoms with Gasteiger partial charge in [-0.25, -0.2) is 0 Å². The van der Waals surface area contributed by atoms with Gasteiger partial charge in [0.2, 0.25) is 5.91 Å². The van der Waals surface area contributed by atoms with Crippen molar-refractivity contribution >= 4 is 17.4 Å². The van der Waals surface area contributed by atoms with Crippen LogP contribution in [-0.2, 0) is 16.0 Å². The minimum Gasteiger partial charge on any atom is -0.397 e. The standard InChI is InChI=1S/C20H23N3O2/c1-14(24)23-11-9-16(10-12-23)20(25)13-19-17(21)7-8-18(22-19)15-5-3-2-4-6-15/h2-8,16H,9-13,21H2,1H3. The highest BCUT2D eigenvalue weighted by atomic mass is 16.2. The molecule has 2 aromatic rings. The molecule has 1 aliphatic heterocycles. The van der Waals surface area contributed by atoms with E-state index in [1.54, 1.807) is 11.8 Å². The van der Waals surface area contributed by atoms with Crippen molar-refractivity contribution in [3.8, 4) is 11.3 Å². The van der Waals surface area contributed by atoms with E-state index in [1.807, 2.05) is 42.5 Å². The molecule has 0 unspecified atom stereocenters. The summed E-state index contributed by atoms with van der Waals surface area (Å²) in [6.45, 7) is 2.87. The number of piperidine rings is 1. The molecular formula is C20H23N3O2. The Morgan fingerprint density at radius 2 is 1.80 bits per heavy atom. The van der Waals surface area contributed by atoms with E-state index < -0.39 is 0 Å².